The van der Waals surface area contributed by atoms with Crippen molar-refractivity contribution >= 4 is 51.3 Å². The van der Waals surface area contributed by atoms with Crippen LogP contribution in [0, 0.1) is 0 Å². The number of hydrogen-bond donors (Lipinski definition) is 0. The van der Waals surface area contributed by atoms with Gasteiger partial charge in [-0.2, -0.15) is 0 Å². The summed E-state index contributed by atoms with van der Waals surface area (Å²) in [5, 5.41) is 1.32. The van der Waals surface area contributed by atoms with Crippen LogP contribution in [-0.2, 0) is 16.5 Å². The molecule has 136 valence electrons. The predicted molar refractivity (Wildman–Crippen MR) is 117 cm³/mol. The fraction of sp³-hybridized carbons (Fsp3) is 0.200. The fourth-order valence-corrected chi connectivity index (χ4v) is 7.49. The van der Waals surface area contributed by atoms with Gasteiger partial charge in [0.25, 0.3) is 0 Å². The number of rotatable bonds is 5. The Morgan fingerprint density at radius 2 is 1.27 bits per heavy atom. The summed E-state index contributed by atoms with van der Waals surface area (Å²) >= 11 is 19.4. The Hall–Kier alpha value is -0.930. The molecular formula is C20H20Cl2NOPS. The van der Waals surface area contributed by atoms with E-state index in [4.69, 9.17) is 39.7 Å². The van der Waals surface area contributed by atoms with Crippen LogP contribution in [0.5, 0.6) is 0 Å². The molecule has 0 aliphatic carbocycles. The summed E-state index contributed by atoms with van der Waals surface area (Å²) in [5.74, 6) is 4.02. The van der Waals surface area contributed by atoms with E-state index >= 15 is 0 Å². The Morgan fingerprint density at radius 1 is 0.846 bits per heavy atom. The zero-order chi connectivity index (χ0) is 18.4. The SMILES string of the molecule is S=P(C=C(Cl)c1ccccc1)(C=C(Cl)c1ccccc1)N1CCOCC1. The zero-order valence-corrected chi connectivity index (χ0v) is 17.4. The average molecular weight is 424 g/mol. The minimum absolute atomic E-state index is 0.661. The largest absolute Gasteiger partial charge is 0.379 e. The van der Waals surface area contributed by atoms with Gasteiger partial charge in [0.2, 0.25) is 0 Å². The molecule has 0 atom stereocenters. The summed E-state index contributed by atoms with van der Waals surface area (Å²) < 4.78 is 7.78. The molecule has 6 heteroatoms. The minimum Gasteiger partial charge on any atom is -0.379 e. The Labute approximate surface area is 170 Å². The molecule has 2 aromatic rings. The third kappa shape index (κ3) is 5.07. The fourth-order valence-electron chi connectivity index (χ4n) is 2.74. The Bertz CT molecular complexity index is 774. The number of nitrogens with zero attached hydrogens (tertiary/aromatic N) is 1. The van der Waals surface area contributed by atoms with Crippen LogP contribution in [0.1, 0.15) is 11.1 Å². The van der Waals surface area contributed by atoms with Gasteiger partial charge in [-0.1, -0.05) is 95.7 Å². The minimum atomic E-state index is -2.24. The van der Waals surface area contributed by atoms with Crippen molar-refractivity contribution in [3.63, 3.8) is 0 Å². The van der Waals surface area contributed by atoms with Gasteiger partial charge in [-0.3, -0.25) is 4.67 Å². The maximum atomic E-state index is 6.63. The van der Waals surface area contributed by atoms with Crippen molar-refractivity contribution < 1.29 is 4.74 Å². The van der Waals surface area contributed by atoms with Crippen LogP contribution in [0.15, 0.2) is 72.3 Å². The summed E-state index contributed by atoms with van der Waals surface area (Å²) in [4.78, 5) is 0. The Morgan fingerprint density at radius 3 is 1.69 bits per heavy atom. The van der Waals surface area contributed by atoms with Crippen molar-refractivity contribution in [2.45, 2.75) is 0 Å². The smallest absolute Gasteiger partial charge is 0.0601 e. The van der Waals surface area contributed by atoms with Crippen LogP contribution < -0.4 is 0 Å². The molecule has 0 bridgehead atoms. The summed E-state index contributed by atoms with van der Waals surface area (Å²) in [5.41, 5.74) is 1.92. The number of ether oxygens (including phenoxy) is 1. The highest BCUT2D eigenvalue weighted by atomic mass is 35.5. The first-order valence-corrected chi connectivity index (χ1v) is 12.0. The van der Waals surface area contributed by atoms with E-state index in [1.165, 1.54) is 0 Å². The molecule has 1 saturated heterocycles. The van der Waals surface area contributed by atoms with Crippen LogP contribution in [0.2, 0.25) is 0 Å². The standard InChI is InChI=1S/C20H20Cl2NOPS/c21-19(17-7-3-1-4-8-17)15-25(26,23-11-13-24-14-12-23)16-20(22)18-9-5-2-6-10-18/h1-10,15-16H,11-14H2. The zero-order valence-electron chi connectivity index (χ0n) is 14.2. The molecule has 1 heterocycles. The number of halogens is 2. The summed E-state index contributed by atoms with van der Waals surface area (Å²) in [6, 6.07) is 19.8. The van der Waals surface area contributed by atoms with Crippen molar-refractivity contribution in [2.24, 2.45) is 0 Å². The number of morpholine rings is 1. The highest BCUT2D eigenvalue weighted by Crippen LogP contribution is 2.57. The van der Waals surface area contributed by atoms with Crippen molar-refractivity contribution in [3.05, 3.63) is 83.4 Å². The molecule has 0 radical (unpaired) electrons. The molecular weight excluding hydrogens is 404 g/mol. The van der Waals surface area contributed by atoms with E-state index in [-0.39, 0.29) is 0 Å². The quantitative estimate of drug-likeness (QED) is 0.532. The monoisotopic (exact) mass is 423 g/mol. The molecule has 0 spiro atoms. The first kappa shape index (κ1) is 19.8. The highest BCUT2D eigenvalue weighted by molar-refractivity contribution is 8.16. The van der Waals surface area contributed by atoms with Crippen molar-refractivity contribution in [2.75, 3.05) is 26.3 Å². The van der Waals surface area contributed by atoms with Gasteiger partial charge >= 0.3 is 0 Å². The van der Waals surface area contributed by atoms with Crippen molar-refractivity contribution in [1.29, 1.82) is 0 Å². The van der Waals surface area contributed by atoms with E-state index in [1.807, 2.05) is 72.3 Å². The van der Waals surface area contributed by atoms with E-state index in [0.717, 1.165) is 24.2 Å². The van der Waals surface area contributed by atoms with Crippen LogP contribution in [0.25, 0.3) is 10.1 Å². The van der Waals surface area contributed by atoms with Gasteiger partial charge in [0.05, 0.1) is 29.5 Å². The van der Waals surface area contributed by atoms with E-state index in [2.05, 4.69) is 4.67 Å². The Kier molecular flexibility index (Phi) is 7.11. The van der Waals surface area contributed by atoms with E-state index in [9.17, 15) is 0 Å². The molecule has 1 aliphatic rings. The molecule has 0 aromatic heterocycles. The second-order valence-corrected chi connectivity index (χ2v) is 10.9. The van der Waals surface area contributed by atoms with Crippen molar-refractivity contribution in [1.82, 2.24) is 4.67 Å². The van der Waals surface area contributed by atoms with E-state index < -0.39 is 6.19 Å². The number of benzene rings is 2. The van der Waals surface area contributed by atoms with Gasteiger partial charge < -0.3 is 4.74 Å². The van der Waals surface area contributed by atoms with Gasteiger partial charge in [-0.05, 0) is 22.8 Å². The first-order chi connectivity index (χ1) is 12.6. The Balaban J connectivity index is 2.01. The number of hydrogen-bond acceptors (Lipinski definition) is 2. The normalized spacial score (nSPS) is 19.2. The molecule has 0 N–H and O–H groups in total. The highest BCUT2D eigenvalue weighted by Gasteiger charge is 2.25. The van der Waals surface area contributed by atoms with Gasteiger partial charge in [0, 0.05) is 13.1 Å². The molecule has 26 heavy (non-hydrogen) atoms. The second kappa shape index (κ2) is 9.32. The van der Waals surface area contributed by atoms with Gasteiger partial charge in [0.15, 0.2) is 0 Å². The molecule has 0 saturated carbocycles. The molecule has 1 fully saturated rings. The van der Waals surface area contributed by atoms with Crippen LogP contribution in [-0.4, -0.2) is 31.0 Å². The second-order valence-electron chi connectivity index (χ2n) is 5.92. The van der Waals surface area contributed by atoms with Gasteiger partial charge in [-0.25, -0.2) is 0 Å². The maximum Gasteiger partial charge on any atom is 0.0601 e. The lowest BCUT2D eigenvalue weighted by Crippen LogP contribution is -2.32. The third-order valence-corrected chi connectivity index (χ3v) is 8.95. The molecule has 3 rings (SSSR count). The molecule has 2 aromatic carbocycles. The first-order valence-electron chi connectivity index (χ1n) is 8.39. The lowest BCUT2D eigenvalue weighted by Gasteiger charge is -2.34. The summed E-state index contributed by atoms with van der Waals surface area (Å²) in [6.07, 6.45) is -2.24. The third-order valence-electron chi connectivity index (χ3n) is 4.13. The average Bonchev–Trinajstić information content (AvgIpc) is 2.70. The van der Waals surface area contributed by atoms with Crippen LogP contribution in [0.3, 0.4) is 0 Å². The van der Waals surface area contributed by atoms with Crippen LogP contribution >= 0.6 is 29.4 Å². The van der Waals surface area contributed by atoms with Gasteiger partial charge in [-0.15, -0.1) is 0 Å². The van der Waals surface area contributed by atoms with Crippen molar-refractivity contribution in [3.8, 4) is 0 Å². The van der Waals surface area contributed by atoms with E-state index in [0.29, 0.717) is 23.3 Å². The summed E-state index contributed by atoms with van der Waals surface area (Å²) in [7, 11) is 0. The molecule has 2 nitrogen and oxygen atoms in total. The maximum absolute atomic E-state index is 6.63. The van der Waals surface area contributed by atoms with Crippen LogP contribution in [0.4, 0.5) is 0 Å². The lowest BCUT2D eigenvalue weighted by molar-refractivity contribution is 0.0753. The van der Waals surface area contributed by atoms with Gasteiger partial charge in [0.1, 0.15) is 0 Å². The molecule has 1 aliphatic heterocycles. The van der Waals surface area contributed by atoms with E-state index in [1.54, 1.807) is 0 Å². The summed E-state index contributed by atoms with van der Waals surface area (Å²) in [6.45, 7) is 2.91. The topological polar surface area (TPSA) is 12.5 Å². The molecule has 0 amide bonds. The molecule has 0 unspecified atom stereocenters. The lowest BCUT2D eigenvalue weighted by atomic mass is 10.2. The predicted octanol–water partition coefficient (Wildman–Crippen LogP) is 6.19.